The molecular weight excluding hydrogens is 336 g/mol. The highest BCUT2D eigenvalue weighted by Gasteiger charge is 2.09. The van der Waals surface area contributed by atoms with Crippen LogP contribution < -0.4 is 10.6 Å². The number of aromatic nitrogens is 2. The van der Waals surface area contributed by atoms with Gasteiger partial charge in [0.2, 0.25) is 0 Å². The Hall–Kier alpha value is -3.47. The number of carbonyl (C=O) groups excluding carboxylic acids is 1. The molecule has 2 aromatic heterocycles. The van der Waals surface area contributed by atoms with Gasteiger partial charge in [0, 0.05) is 35.9 Å². The Balaban J connectivity index is 1.83. The second kappa shape index (κ2) is 7.03. The molecule has 2 aromatic carbocycles. The molecule has 4 rings (SSSR count). The average Bonchev–Trinajstić information content (AvgIpc) is 2.67. The van der Waals surface area contributed by atoms with Crippen molar-refractivity contribution in [3.8, 4) is 11.1 Å². The third-order valence-corrected chi connectivity index (χ3v) is 4.61. The van der Waals surface area contributed by atoms with Crippen LogP contribution in [0.5, 0.6) is 0 Å². The summed E-state index contributed by atoms with van der Waals surface area (Å²) in [5.41, 5.74) is 3.44. The number of hydrogen-bond acceptors (Lipinski definition) is 3. The van der Waals surface area contributed by atoms with Crippen LogP contribution in [0.25, 0.3) is 32.7 Å². The molecule has 0 saturated heterocycles. The summed E-state index contributed by atoms with van der Waals surface area (Å²) in [6.07, 6.45) is 5.51. The number of rotatable bonds is 3. The second-order valence-electron chi connectivity index (χ2n) is 6.47. The van der Waals surface area contributed by atoms with Crippen molar-refractivity contribution in [1.29, 1.82) is 0 Å². The molecule has 0 radical (unpaired) electrons. The summed E-state index contributed by atoms with van der Waals surface area (Å²) in [5.74, 6) is 0.534. The van der Waals surface area contributed by atoms with E-state index in [0.717, 1.165) is 32.8 Å². The number of carbonyl (C=O) groups is 1. The maximum atomic E-state index is 11.8. The van der Waals surface area contributed by atoms with Crippen molar-refractivity contribution in [2.24, 2.45) is 0 Å². The van der Waals surface area contributed by atoms with Gasteiger partial charge in [0.25, 0.3) is 0 Å². The molecule has 134 valence electrons. The highest BCUT2D eigenvalue weighted by atomic mass is 16.2. The largest absolute Gasteiger partial charge is 0.338 e. The number of benzene rings is 2. The Labute approximate surface area is 157 Å². The highest BCUT2D eigenvalue weighted by Crippen LogP contribution is 2.32. The molecule has 0 saturated carbocycles. The van der Waals surface area contributed by atoms with Gasteiger partial charge in [-0.05, 0) is 59.5 Å². The molecule has 2 N–H and O–H groups in total. The van der Waals surface area contributed by atoms with Crippen LogP contribution in [0.2, 0.25) is 0 Å². The minimum absolute atomic E-state index is 0.251. The molecule has 0 atom stereocenters. The van der Waals surface area contributed by atoms with Crippen molar-refractivity contribution >= 4 is 33.4 Å². The number of amides is 2. The predicted octanol–water partition coefficient (Wildman–Crippen LogP) is 4.90. The van der Waals surface area contributed by atoms with Gasteiger partial charge in [0.15, 0.2) is 0 Å². The van der Waals surface area contributed by atoms with E-state index in [1.54, 1.807) is 0 Å². The molecule has 0 bridgehead atoms. The quantitative estimate of drug-likeness (QED) is 0.549. The fourth-order valence-corrected chi connectivity index (χ4v) is 3.36. The lowest BCUT2D eigenvalue weighted by molar-refractivity contribution is 0.252. The number of hydrogen-bond donors (Lipinski definition) is 2. The van der Waals surface area contributed by atoms with E-state index in [4.69, 9.17) is 0 Å². The van der Waals surface area contributed by atoms with Crippen LogP contribution in [0, 0.1) is 6.92 Å². The average molecular weight is 356 g/mol. The minimum Gasteiger partial charge on any atom is -0.338 e. The number of anilines is 1. The summed E-state index contributed by atoms with van der Waals surface area (Å²) in [7, 11) is 0. The first kappa shape index (κ1) is 17.0. The number of nitrogens with one attached hydrogen (secondary N) is 2. The smallest absolute Gasteiger partial charge is 0.320 e. The van der Waals surface area contributed by atoms with Crippen molar-refractivity contribution in [1.82, 2.24) is 15.3 Å². The van der Waals surface area contributed by atoms with Gasteiger partial charge in [0.05, 0.1) is 0 Å². The van der Waals surface area contributed by atoms with Crippen molar-refractivity contribution in [3.05, 3.63) is 66.6 Å². The molecule has 0 aliphatic heterocycles. The van der Waals surface area contributed by atoms with E-state index < -0.39 is 0 Å². The van der Waals surface area contributed by atoms with Gasteiger partial charge in [-0.2, -0.15) is 0 Å². The van der Waals surface area contributed by atoms with Crippen LogP contribution in [0.1, 0.15) is 12.5 Å². The monoisotopic (exact) mass is 356 g/mol. The molecule has 2 amide bonds. The molecule has 27 heavy (non-hydrogen) atoms. The first-order chi connectivity index (χ1) is 13.2. The van der Waals surface area contributed by atoms with Crippen LogP contribution in [-0.2, 0) is 0 Å². The summed E-state index contributed by atoms with van der Waals surface area (Å²) >= 11 is 0. The summed E-state index contributed by atoms with van der Waals surface area (Å²) < 4.78 is 0. The van der Waals surface area contributed by atoms with E-state index in [-0.39, 0.29) is 6.03 Å². The first-order valence-electron chi connectivity index (χ1n) is 8.94. The number of urea groups is 1. The molecule has 5 nitrogen and oxygen atoms in total. The van der Waals surface area contributed by atoms with Crippen LogP contribution in [0.15, 0.2) is 61.1 Å². The maximum absolute atomic E-state index is 11.8. The summed E-state index contributed by atoms with van der Waals surface area (Å²) in [5, 5.41) is 9.88. The van der Waals surface area contributed by atoms with Crippen molar-refractivity contribution in [3.63, 3.8) is 0 Å². The van der Waals surface area contributed by atoms with Gasteiger partial charge in [-0.25, -0.2) is 9.78 Å². The van der Waals surface area contributed by atoms with E-state index in [1.165, 1.54) is 5.39 Å². The molecular formula is C22H20N4O. The summed E-state index contributed by atoms with van der Waals surface area (Å²) in [4.78, 5) is 20.4. The molecule has 2 heterocycles. The molecule has 0 aliphatic rings. The fraction of sp³-hybridized carbons (Fsp3) is 0.136. The zero-order valence-corrected chi connectivity index (χ0v) is 15.3. The van der Waals surface area contributed by atoms with Crippen LogP contribution in [0.3, 0.4) is 0 Å². The zero-order valence-electron chi connectivity index (χ0n) is 15.3. The minimum atomic E-state index is -0.251. The van der Waals surface area contributed by atoms with Gasteiger partial charge in [-0.15, -0.1) is 0 Å². The van der Waals surface area contributed by atoms with Crippen molar-refractivity contribution < 1.29 is 4.79 Å². The van der Waals surface area contributed by atoms with Crippen LogP contribution in [-0.4, -0.2) is 22.5 Å². The molecule has 0 aliphatic carbocycles. The highest BCUT2D eigenvalue weighted by molar-refractivity contribution is 6.00. The van der Waals surface area contributed by atoms with Gasteiger partial charge >= 0.3 is 6.03 Å². The summed E-state index contributed by atoms with van der Waals surface area (Å²) in [6.45, 7) is 4.53. The lowest BCUT2D eigenvalue weighted by atomic mass is 9.95. The van der Waals surface area contributed by atoms with E-state index in [2.05, 4.69) is 51.8 Å². The Bertz CT molecular complexity index is 1150. The van der Waals surface area contributed by atoms with Gasteiger partial charge < -0.3 is 5.32 Å². The van der Waals surface area contributed by atoms with Gasteiger partial charge in [0.1, 0.15) is 5.82 Å². The Kier molecular flexibility index (Phi) is 4.42. The lowest BCUT2D eigenvalue weighted by Crippen LogP contribution is -2.28. The van der Waals surface area contributed by atoms with E-state index in [1.807, 2.05) is 43.7 Å². The van der Waals surface area contributed by atoms with Crippen molar-refractivity contribution in [2.75, 3.05) is 11.9 Å². The van der Waals surface area contributed by atoms with Crippen molar-refractivity contribution in [2.45, 2.75) is 13.8 Å². The third kappa shape index (κ3) is 3.31. The van der Waals surface area contributed by atoms with Gasteiger partial charge in [-0.3, -0.25) is 10.3 Å². The second-order valence-corrected chi connectivity index (χ2v) is 6.47. The van der Waals surface area contributed by atoms with E-state index >= 15 is 0 Å². The standard InChI is InChI=1S/C22H20N4O/c1-3-24-22(27)26-21-11-17-10-16(9-14(2)20(17)13-25-21)18-6-4-5-15-12-23-8-7-19(15)18/h4-13H,3H2,1-2H3,(H2,24,25,26,27). The third-order valence-electron chi connectivity index (χ3n) is 4.61. The first-order valence-corrected chi connectivity index (χ1v) is 8.94. The number of nitrogens with zero attached hydrogens (tertiary/aromatic N) is 2. The van der Waals surface area contributed by atoms with E-state index in [9.17, 15) is 4.79 Å². The Morgan fingerprint density at radius 3 is 2.78 bits per heavy atom. The molecule has 0 spiro atoms. The summed E-state index contributed by atoms with van der Waals surface area (Å²) in [6, 6.07) is 14.3. The van der Waals surface area contributed by atoms with E-state index in [0.29, 0.717) is 12.4 Å². The fourth-order valence-electron chi connectivity index (χ4n) is 3.36. The SMILES string of the molecule is CCNC(=O)Nc1cc2cc(-c3cccc4cnccc34)cc(C)c2cn1. The normalized spacial score (nSPS) is 10.9. The number of fused-ring (bicyclic) bond motifs is 2. The molecule has 0 fully saturated rings. The van der Waals surface area contributed by atoms with Crippen LogP contribution >= 0.6 is 0 Å². The maximum Gasteiger partial charge on any atom is 0.320 e. The van der Waals surface area contributed by atoms with Crippen LogP contribution in [0.4, 0.5) is 10.6 Å². The molecule has 4 aromatic rings. The molecule has 5 heteroatoms. The zero-order chi connectivity index (χ0) is 18.8. The Morgan fingerprint density at radius 1 is 1.04 bits per heavy atom. The number of pyridine rings is 2. The Morgan fingerprint density at radius 2 is 1.93 bits per heavy atom. The topological polar surface area (TPSA) is 66.9 Å². The number of aryl methyl sites for hydroxylation is 1. The van der Waals surface area contributed by atoms with Gasteiger partial charge in [-0.1, -0.05) is 24.3 Å². The lowest BCUT2D eigenvalue weighted by Gasteiger charge is -2.11. The molecule has 0 unspecified atom stereocenters. The predicted molar refractivity (Wildman–Crippen MR) is 110 cm³/mol.